The van der Waals surface area contributed by atoms with Crippen LogP contribution in [0.3, 0.4) is 0 Å². The first kappa shape index (κ1) is 24.5. The lowest BCUT2D eigenvalue weighted by Gasteiger charge is -2.10. The van der Waals surface area contributed by atoms with Crippen molar-refractivity contribution in [2.45, 2.75) is 11.8 Å². The normalized spacial score (nSPS) is 10.9. The number of carbonyl (C=O) groups is 1. The van der Waals surface area contributed by atoms with Gasteiger partial charge in [0.1, 0.15) is 5.75 Å². The predicted octanol–water partition coefficient (Wildman–Crippen LogP) is 3.64. The summed E-state index contributed by atoms with van der Waals surface area (Å²) in [7, 11) is -3.82. The van der Waals surface area contributed by atoms with Gasteiger partial charge in [0.25, 0.3) is 21.6 Å². The summed E-state index contributed by atoms with van der Waals surface area (Å²) >= 11 is 0. The van der Waals surface area contributed by atoms with Crippen molar-refractivity contribution in [1.82, 2.24) is 5.32 Å². The van der Waals surface area contributed by atoms with Crippen LogP contribution in [0.1, 0.15) is 17.3 Å². The van der Waals surface area contributed by atoms with Crippen LogP contribution in [0.4, 0.5) is 17.1 Å². The number of carbonyl (C=O) groups excluding carboxylic acids is 1. The molecular formula is C23H24N4O6S. The van der Waals surface area contributed by atoms with E-state index in [1.807, 2.05) is 6.92 Å². The molecule has 3 N–H and O–H groups in total. The molecule has 0 unspecified atom stereocenters. The van der Waals surface area contributed by atoms with Gasteiger partial charge in [-0.2, -0.15) is 0 Å². The number of nitro groups is 1. The van der Waals surface area contributed by atoms with Crippen LogP contribution in [0.5, 0.6) is 5.75 Å². The van der Waals surface area contributed by atoms with Gasteiger partial charge >= 0.3 is 0 Å². The highest BCUT2D eigenvalue weighted by Gasteiger charge is 2.15. The minimum atomic E-state index is -3.82. The molecule has 3 aromatic rings. The average Bonchev–Trinajstić information content (AvgIpc) is 2.83. The number of amides is 1. The Kier molecular flexibility index (Phi) is 8.04. The van der Waals surface area contributed by atoms with Crippen LogP contribution in [0.2, 0.25) is 0 Å². The fourth-order valence-corrected chi connectivity index (χ4v) is 4.03. The molecule has 0 heterocycles. The number of rotatable bonds is 11. The van der Waals surface area contributed by atoms with Crippen LogP contribution in [0.15, 0.2) is 77.7 Å². The van der Waals surface area contributed by atoms with Crippen LogP contribution in [0.25, 0.3) is 0 Å². The lowest BCUT2D eigenvalue weighted by Crippen LogP contribution is -2.28. The van der Waals surface area contributed by atoms with Crippen molar-refractivity contribution < 1.29 is 22.9 Å². The Morgan fingerprint density at radius 2 is 1.53 bits per heavy atom. The van der Waals surface area contributed by atoms with E-state index in [-0.39, 0.29) is 16.5 Å². The molecular weight excluding hydrogens is 460 g/mol. The maximum Gasteiger partial charge on any atom is 0.269 e. The number of nitrogens with zero attached hydrogens (tertiary/aromatic N) is 1. The Labute approximate surface area is 197 Å². The van der Waals surface area contributed by atoms with Gasteiger partial charge in [-0.05, 0) is 67.6 Å². The standard InChI is InChI=1S/C23H24N4O6S/c1-2-33-21-11-7-19(8-12-21)26-34(31,32)22-13-3-17(4-14-22)23(28)25-16-15-24-18-5-9-20(10-6-18)27(29)30/h3-14,24,26H,2,15-16H2,1H3,(H,25,28). The molecule has 3 aromatic carbocycles. The molecule has 0 aliphatic rings. The number of nitro benzene ring substituents is 1. The Bertz CT molecular complexity index is 1230. The minimum Gasteiger partial charge on any atom is -0.494 e. The van der Waals surface area contributed by atoms with E-state index in [1.165, 1.54) is 36.4 Å². The smallest absolute Gasteiger partial charge is 0.269 e. The highest BCUT2D eigenvalue weighted by molar-refractivity contribution is 7.92. The highest BCUT2D eigenvalue weighted by Crippen LogP contribution is 2.20. The summed E-state index contributed by atoms with van der Waals surface area (Å²) in [5.41, 5.74) is 1.40. The number of ether oxygens (including phenoxy) is 1. The Hall–Kier alpha value is -4.12. The van der Waals surface area contributed by atoms with Gasteiger partial charge in [0.05, 0.1) is 16.4 Å². The van der Waals surface area contributed by atoms with Gasteiger partial charge in [-0.25, -0.2) is 8.42 Å². The van der Waals surface area contributed by atoms with E-state index in [4.69, 9.17) is 4.74 Å². The summed E-state index contributed by atoms with van der Waals surface area (Å²) in [5.74, 6) is 0.290. The highest BCUT2D eigenvalue weighted by atomic mass is 32.2. The van der Waals surface area contributed by atoms with E-state index >= 15 is 0 Å². The molecule has 0 saturated heterocycles. The van der Waals surface area contributed by atoms with Crippen molar-refractivity contribution >= 4 is 33.0 Å². The van der Waals surface area contributed by atoms with Gasteiger partial charge in [0.15, 0.2) is 0 Å². The molecule has 0 aliphatic heterocycles. The van der Waals surface area contributed by atoms with E-state index in [0.29, 0.717) is 42.4 Å². The summed E-state index contributed by atoms with van der Waals surface area (Å²) in [6, 6.07) is 18.1. The van der Waals surface area contributed by atoms with Gasteiger partial charge in [-0.3, -0.25) is 19.6 Å². The average molecular weight is 485 g/mol. The molecule has 0 aromatic heterocycles. The summed E-state index contributed by atoms with van der Waals surface area (Å²) in [5, 5.41) is 16.4. The topological polar surface area (TPSA) is 140 Å². The van der Waals surface area contributed by atoms with Gasteiger partial charge in [0.2, 0.25) is 0 Å². The molecule has 10 nitrogen and oxygen atoms in total. The second-order valence-corrected chi connectivity index (χ2v) is 8.76. The molecule has 0 bridgehead atoms. The van der Waals surface area contributed by atoms with Crippen molar-refractivity contribution in [2.24, 2.45) is 0 Å². The van der Waals surface area contributed by atoms with Crippen molar-refractivity contribution in [2.75, 3.05) is 29.7 Å². The Morgan fingerprint density at radius 1 is 0.912 bits per heavy atom. The summed E-state index contributed by atoms with van der Waals surface area (Å²) in [4.78, 5) is 22.5. The van der Waals surface area contributed by atoms with Gasteiger partial charge in [-0.1, -0.05) is 0 Å². The predicted molar refractivity (Wildman–Crippen MR) is 129 cm³/mol. The maximum atomic E-state index is 12.6. The number of sulfonamides is 1. The van der Waals surface area contributed by atoms with Gasteiger partial charge in [-0.15, -0.1) is 0 Å². The quantitative estimate of drug-likeness (QED) is 0.214. The molecule has 0 spiro atoms. The number of non-ortho nitro benzene ring substituents is 1. The third-order valence-corrected chi connectivity index (χ3v) is 6.06. The van der Waals surface area contributed by atoms with E-state index in [0.717, 1.165) is 0 Å². The number of nitrogens with one attached hydrogen (secondary N) is 3. The number of hydrogen-bond acceptors (Lipinski definition) is 7. The van der Waals surface area contributed by atoms with Gasteiger partial charge < -0.3 is 15.4 Å². The monoisotopic (exact) mass is 484 g/mol. The number of anilines is 2. The molecule has 178 valence electrons. The van der Waals surface area contributed by atoms with Crippen LogP contribution in [-0.2, 0) is 10.0 Å². The number of hydrogen-bond donors (Lipinski definition) is 3. The fraction of sp³-hybridized carbons (Fsp3) is 0.174. The first-order valence-corrected chi connectivity index (χ1v) is 11.9. The third kappa shape index (κ3) is 6.69. The maximum absolute atomic E-state index is 12.6. The minimum absolute atomic E-state index is 0.000931. The zero-order valence-corrected chi connectivity index (χ0v) is 19.2. The second kappa shape index (κ2) is 11.1. The first-order valence-electron chi connectivity index (χ1n) is 10.4. The molecule has 0 fully saturated rings. The van der Waals surface area contributed by atoms with Crippen molar-refractivity contribution in [3.63, 3.8) is 0 Å². The number of benzene rings is 3. The Morgan fingerprint density at radius 3 is 2.12 bits per heavy atom. The largest absolute Gasteiger partial charge is 0.494 e. The lowest BCUT2D eigenvalue weighted by atomic mass is 10.2. The SMILES string of the molecule is CCOc1ccc(NS(=O)(=O)c2ccc(C(=O)NCCNc3ccc([N+](=O)[O-])cc3)cc2)cc1. The zero-order valence-electron chi connectivity index (χ0n) is 18.4. The molecule has 0 aliphatic carbocycles. The molecule has 0 atom stereocenters. The summed E-state index contributed by atoms with van der Waals surface area (Å²) < 4.78 is 33.0. The molecule has 11 heteroatoms. The van der Waals surface area contributed by atoms with Crippen LogP contribution in [0, 0.1) is 10.1 Å². The summed E-state index contributed by atoms with van der Waals surface area (Å²) in [6.45, 7) is 3.08. The summed E-state index contributed by atoms with van der Waals surface area (Å²) in [6.07, 6.45) is 0. The van der Waals surface area contributed by atoms with E-state index in [2.05, 4.69) is 15.4 Å². The molecule has 0 saturated carbocycles. The van der Waals surface area contributed by atoms with Crippen molar-refractivity contribution in [3.8, 4) is 5.75 Å². The zero-order chi connectivity index (χ0) is 24.6. The molecule has 3 rings (SSSR count). The van der Waals surface area contributed by atoms with Crippen LogP contribution >= 0.6 is 0 Å². The second-order valence-electron chi connectivity index (χ2n) is 7.07. The molecule has 0 radical (unpaired) electrons. The lowest BCUT2D eigenvalue weighted by molar-refractivity contribution is -0.384. The molecule has 34 heavy (non-hydrogen) atoms. The van der Waals surface area contributed by atoms with Crippen molar-refractivity contribution in [1.29, 1.82) is 0 Å². The molecule has 1 amide bonds. The fourth-order valence-electron chi connectivity index (χ4n) is 2.97. The van der Waals surface area contributed by atoms with E-state index < -0.39 is 14.9 Å². The van der Waals surface area contributed by atoms with Crippen molar-refractivity contribution in [3.05, 3.63) is 88.5 Å². The van der Waals surface area contributed by atoms with Crippen LogP contribution in [-0.4, -0.2) is 38.9 Å². The van der Waals surface area contributed by atoms with E-state index in [9.17, 15) is 23.3 Å². The Balaban J connectivity index is 1.50. The van der Waals surface area contributed by atoms with E-state index in [1.54, 1.807) is 36.4 Å². The van der Waals surface area contributed by atoms with Gasteiger partial charge in [0, 0.05) is 42.2 Å². The third-order valence-electron chi connectivity index (χ3n) is 4.66. The first-order chi connectivity index (χ1) is 16.3. The van der Waals surface area contributed by atoms with Crippen LogP contribution < -0.4 is 20.1 Å².